The lowest BCUT2D eigenvalue weighted by Gasteiger charge is -2.49. The molecule has 3 rings (SSSR count). The zero-order valence-corrected chi connectivity index (χ0v) is 20.6. The van der Waals surface area contributed by atoms with Crippen LogP contribution in [0, 0.1) is 5.92 Å². The number of carbonyl (C=O) groups excluding carboxylic acids is 1. The van der Waals surface area contributed by atoms with Gasteiger partial charge in [-0.25, -0.2) is 0 Å². The maximum atomic E-state index is 12.8. The van der Waals surface area contributed by atoms with Crippen LogP contribution in [0.5, 0.6) is 0 Å². The molecule has 0 saturated carbocycles. The summed E-state index contributed by atoms with van der Waals surface area (Å²) >= 11 is 0. The SMILES string of the molecule is CC[C@H](CCCOC)OC1C(OC)C(C)OC2CCC(CC(=O)CC3CCOC3C)OC21. The second-order valence-electron chi connectivity index (χ2n) is 9.72. The van der Waals surface area contributed by atoms with Gasteiger partial charge in [0.15, 0.2) is 0 Å². The molecule has 0 spiro atoms. The fourth-order valence-corrected chi connectivity index (χ4v) is 5.48. The van der Waals surface area contributed by atoms with Crippen LogP contribution < -0.4 is 0 Å². The molecule has 0 aromatic carbocycles. The first-order chi connectivity index (χ1) is 15.5. The first kappa shape index (κ1) is 26.0. The fraction of sp³-hybridized carbons (Fsp3) is 0.960. The van der Waals surface area contributed by atoms with Gasteiger partial charge in [0.1, 0.15) is 24.1 Å². The van der Waals surface area contributed by atoms with Crippen molar-refractivity contribution < 1.29 is 33.2 Å². The summed E-state index contributed by atoms with van der Waals surface area (Å²) in [6, 6.07) is 0. The summed E-state index contributed by atoms with van der Waals surface area (Å²) in [7, 11) is 3.44. The summed E-state index contributed by atoms with van der Waals surface area (Å²) in [6.07, 6.45) is 6.06. The van der Waals surface area contributed by atoms with Crippen LogP contribution in [-0.2, 0) is 33.2 Å². The first-order valence-corrected chi connectivity index (χ1v) is 12.6. The van der Waals surface area contributed by atoms with Crippen LogP contribution >= 0.6 is 0 Å². The van der Waals surface area contributed by atoms with Crippen LogP contribution in [0.15, 0.2) is 0 Å². The van der Waals surface area contributed by atoms with Gasteiger partial charge in [-0.3, -0.25) is 4.79 Å². The smallest absolute Gasteiger partial charge is 0.135 e. The molecule has 9 atom stereocenters. The zero-order valence-electron chi connectivity index (χ0n) is 20.6. The molecule has 0 radical (unpaired) electrons. The molecule has 3 fully saturated rings. The van der Waals surface area contributed by atoms with Crippen molar-refractivity contribution >= 4 is 5.78 Å². The Morgan fingerprint density at radius 2 is 1.84 bits per heavy atom. The predicted octanol–water partition coefficient (Wildman–Crippen LogP) is 3.70. The quantitative estimate of drug-likeness (QED) is 0.415. The molecule has 3 aliphatic rings. The third kappa shape index (κ3) is 6.73. The van der Waals surface area contributed by atoms with Crippen molar-refractivity contribution in [2.45, 2.75) is 121 Å². The van der Waals surface area contributed by atoms with Gasteiger partial charge in [0, 0.05) is 40.3 Å². The van der Waals surface area contributed by atoms with Crippen molar-refractivity contribution in [2.75, 3.05) is 27.4 Å². The van der Waals surface area contributed by atoms with E-state index >= 15 is 0 Å². The van der Waals surface area contributed by atoms with E-state index in [1.165, 1.54) is 0 Å². The van der Waals surface area contributed by atoms with Crippen LogP contribution in [0.4, 0.5) is 0 Å². The number of hydrogen-bond acceptors (Lipinski definition) is 7. The maximum Gasteiger partial charge on any atom is 0.135 e. The summed E-state index contributed by atoms with van der Waals surface area (Å²) in [4.78, 5) is 12.8. The second kappa shape index (κ2) is 12.8. The van der Waals surface area contributed by atoms with E-state index in [0.29, 0.717) is 18.8 Å². The van der Waals surface area contributed by atoms with E-state index in [-0.39, 0.29) is 54.6 Å². The van der Waals surface area contributed by atoms with Crippen molar-refractivity contribution in [1.29, 1.82) is 0 Å². The first-order valence-electron chi connectivity index (χ1n) is 12.6. The highest BCUT2D eigenvalue weighted by atomic mass is 16.6. The number of carbonyl (C=O) groups is 1. The van der Waals surface area contributed by atoms with Gasteiger partial charge >= 0.3 is 0 Å². The molecule has 3 aliphatic heterocycles. The van der Waals surface area contributed by atoms with Gasteiger partial charge in [-0.15, -0.1) is 0 Å². The molecule has 0 aliphatic carbocycles. The highest BCUT2D eigenvalue weighted by Gasteiger charge is 2.49. The average Bonchev–Trinajstić information content (AvgIpc) is 3.17. The number of ether oxygens (including phenoxy) is 6. The molecule has 3 saturated heterocycles. The van der Waals surface area contributed by atoms with Gasteiger partial charge in [0.05, 0.1) is 30.5 Å². The van der Waals surface area contributed by atoms with Gasteiger partial charge in [0.2, 0.25) is 0 Å². The zero-order chi connectivity index (χ0) is 23.1. The van der Waals surface area contributed by atoms with Crippen molar-refractivity contribution in [3.05, 3.63) is 0 Å². The second-order valence-corrected chi connectivity index (χ2v) is 9.72. The molecule has 7 heteroatoms. The van der Waals surface area contributed by atoms with E-state index in [4.69, 9.17) is 28.4 Å². The summed E-state index contributed by atoms with van der Waals surface area (Å²) < 4.78 is 36.0. The van der Waals surface area contributed by atoms with Gasteiger partial charge in [-0.1, -0.05) is 6.92 Å². The molecule has 0 aromatic heterocycles. The molecular formula is C25H44O7. The van der Waals surface area contributed by atoms with Crippen LogP contribution in [0.2, 0.25) is 0 Å². The minimum atomic E-state index is -0.215. The van der Waals surface area contributed by atoms with E-state index in [1.807, 2.05) is 6.92 Å². The maximum absolute atomic E-state index is 12.8. The van der Waals surface area contributed by atoms with E-state index in [0.717, 1.165) is 51.7 Å². The van der Waals surface area contributed by atoms with Crippen molar-refractivity contribution in [1.82, 2.24) is 0 Å². The monoisotopic (exact) mass is 456 g/mol. The molecular weight excluding hydrogens is 412 g/mol. The number of ketones is 1. The minimum absolute atomic E-state index is 0.0208. The van der Waals surface area contributed by atoms with Crippen LogP contribution in [0.3, 0.4) is 0 Å². The molecule has 0 amide bonds. The molecule has 7 nitrogen and oxygen atoms in total. The Morgan fingerprint density at radius 1 is 1.03 bits per heavy atom. The highest BCUT2D eigenvalue weighted by molar-refractivity contribution is 5.79. The van der Waals surface area contributed by atoms with E-state index < -0.39 is 0 Å². The third-order valence-electron chi connectivity index (χ3n) is 7.42. The molecule has 0 aromatic rings. The van der Waals surface area contributed by atoms with Crippen LogP contribution in [0.25, 0.3) is 0 Å². The predicted molar refractivity (Wildman–Crippen MR) is 121 cm³/mol. The summed E-state index contributed by atoms with van der Waals surface area (Å²) in [5.74, 6) is 0.608. The fourth-order valence-electron chi connectivity index (χ4n) is 5.48. The van der Waals surface area contributed by atoms with Gasteiger partial charge < -0.3 is 28.4 Å². The van der Waals surface area contributed by atoms with Crippen molar-refractivity contribution in [3.63, 3.8) is 0 Å². The highest BCUT2D eigenvalue weighted by Crippen LogP contribution is 2.36. The Kier molecular flexibility index (Phi) is 10.4. The van der Waals surface area contributed by atoms with Gasteiger partial charge in [0.25, 0.3) is 0 Å². The Morgan fingerprint density at radius 3 is 2.50 bits per heavy atom. The van der Waals surface area contributed by atoms with Crippen LogP contribution in [0.1, 0.15) is 72.1 Å². The Balaban J connectivity index is 1.62. The number of rotatable bonds is 12. The molecule has 8 unspecified atom stereocenters. The number of hydrogen-bond donors (Lipinski definition) is 0. The molecule has 32 heavy (non-hydrogen) atoms. The Labute approximate surface area is 193 Å². The average molecular weight is 457 g/mol. The number of Topliss-reactive ketones (excluding diaryl/α,β-unsaturated/α-hetero) is 1. The van der Waals surface area contributed by atoms with E-state index in [1.54, 1.807) is 14.2 Å². The largest absolute Gasteiger partial charge is 0.385 e. The van der Waals surface area contributed by atoms with Crippen molar-refractivity contribution in [2.24, 2.45) is 5.92 Å². The van der Waals surface area contributed by atoms with Crippen LogP contribution in [-0.4, -0.2) is 82.0 Å². The lowest BCUT2D eigenvalue weighted by atomic mass is 9.87. The summed E-state index contributed by atoms with van der Waals surface area (Å²) in [6.45, 7) is 7.76. The van der Waals surface area contributed by atoms with Gasteiger partial charge in [-0.2, -0.15) is 0 Å². The standard InChI is InChI=1S/C25H44O7/c1-6-20(8-7-12-27-4)31-25-23(28-5)17(3)30-22-10-9-21(32-24(22)25)15-19(26)14-18-11-13-29-16(18)2/h16-18,20-25H,6-15H2,1-5H3/t16?,17?,18?,20-,21?,22?,23?,24?,25?/m1/s1. The van der Waals surface area contributed by atoms with E-state index in [2.05, 4.69) is 13.8 Å². The summed E-state index contributed by atoms with van der Waals surface area (Å²) in [5, 5.41) is 0. The summed E-state index contributed by atoms with van der Waals surface area (Å²) in [5.41, 5.74) is 0. The Bertz CT molecular complexity index is 570. The lowest BCUT2D eigenvalue weighted by Crippen LogP contribution is -2.62. The lowest BCUT2D eigenvalue weighted by molar-refractivity contribution is -0.282. The third-order valence-corrected chi connectivity index (χ3v) is 7.42. The molecule has 0 N–H and O–H groups in total. The van der Waals surface area contributed by atoms with E-state index in [9.17, 15) is 4.79 Å². The Hall–Kier alpha value is -0.570. The molecule has 186 valence electrons. The minimum Gasteiger partial charge on any atom is -0.385 e. The molecule has 3 heterocycles. The molecule has 0 bridgehead atoms. The number of methoxy groups -OCH3 is 2. The van der Waals surface area contributed by atoms with Gasteiger partial charge in [-0.05, 0) is 58.3 Å². The topological polar surface area (TPSA) is 72.5 Å². The normalized spacial score (nSPS) is 38.4. The van der Waals surface area contributed by atoms with Crippen molar-refractivity contribution in [3.8, 4) is 0 Å². The number of fused-ring (bicyclic) bond motifs is 1.